The molecule has 84 heavy (non-hydrogen) atoms. The second-order valence-corrected chi connectivity index (χ2v) is 26.0. The van der Waals surface area contributed by atoms with Crippen LogP contribution in [0.2, 0.25) is 0 Å². The minimum Gasteiger partial charge on any atom is -0.394 e. The third-order valence-electron chi connectivity index (χ3n) is 15.5. The molecule has 2 rings (SSSR count). The first-order valence-electron chi connectivity index (χ1n) is 30.1. The monoisotopic (exact) mass is 1190 g/mol. The van der Waals surface area contributed by atoms with Crippen LogP contribution in [0.3, 0.4) is 0 Å². The lowest BCUT2D eigenvalue weighted by Gasteiger charge is -2.36. The van der Waals surface area contributed by atoms with Gasteiger partial charge in [-0.3, -0.25) is 57.5 Å². The zero-order valence-corrected chi connectivity index (χ0v) is 53.2. The summed E-state index contributed by atoms with van der Waals surface area (Å²) in [6, 6.07) is -8.49. The first-order chi connectivity index (χ1) is 38.8. The highest BCUT2D eigenvalue weighted by atomic mass is 16.3. The van der Waals surface area contributed by atoms with Gasteiger partial charge in [-0.15, -0.1) is 0 Å². The molecule has 12 N–H and O–H groups in total. The topological polar surface area (TPSA) is 366 Å². The number of carbonyl (C=O) groups excluding carboxylic acids is 12. The van der Waals surface area contributed by atoms with Gasteiger partial charge in [-0.25, -0.2) is 0 Å². The summed E-state index contributed by atoms with van der Waals surface area (Å²) < 4.78 is 0. The maximum Gasteiger partial charge on any atom is 0.248 e. The molecule has 0 spiro atoms. The van der Waals surface area contributed by atoms with Crippen LogP contribution in [0.25, 0.3) is 0 Å². The molecule has 0 aromatic heterocycles. The summed E-state index contributed by atoms with van der Waals surface area (Å²) in [5.41, 5.74) is 0.762. The number of rotatable bonds is 33. The minimum atomic E-state index is -1.65. The van der Waals surface area contributed by atoms with Crippen molar-refractivity contribution in [1.82, 2.24) is 57.7 Å². The zero-order chi connectivity index (χ0) is 64.4. The van der Waals surface area contributed by atoms with Gasteiger partial charge in [-0.2, -0.15) is 0 Å². The lowest BCUT2D eigenvalue weighted by atomic mass is 9.94. The highest BCUT2D eigenvalue weighted by molar-refractivity contribution is 6.01. The number of hydrogen-bond donors (Lipinski definition) is 11. The van der Waals surface area contributed by atoms with Gasteiger partial charge < -0.3 is 68.5 Å². The Morgan fingerprint density at radius 3 is 1.35 bits per heavy atom. The number of aliphatic hydroxyl groups is 1. The molecule has 2 saturated heterocycles. The van der Waals surface area contributed by atoms with Crippen LogP contribution in [0, 0.1) is 29.6 Å². The quantitative estimate of drug-likeness (QED) is 0.0439. The Morgan fingerprint density at radius 2 is 0.929 bits per heavy atom. The number of hydrogen-bond acceptors (Lipinski definition) is 13. The molecule has 2 aliphatic rings. The molecular formula is C59H104N12O13. The predicted octanol–water partition coefficient (Wildman–Crippen LogP) is 1.07. The van der Waals surface area contributed by atoms with Crippen LogP contribution >= 0.6 is 0 Å². The maximum atomic E-state index is 14.5. The minimum absolute atomic E-state index is 0.104. The molecule has 0 aromatic rings. The average Bonchev–Trinajstić information content (AvgIpc) is 4.30. The van der Waals surface area contributed by atoms with E-state index in [2.05, 4.69) is 47.9 Å². The summed E-state index contributed by atoms with van der Waals surface area (Å²) in [4.78, 5) is 167. The average molecular weight is 1190 g/mol. The number of nitrogens with one attached hydrogen (secondary N) is 9. The highest BCUT2D eigenvalue weighted by Gasteiger charge is 2.46. The summed E-state index contributed by atoms with van der Waals surface area (Å²) in [7, 11) is 0. The second-order valence-electron chi connectivity index (χ2n) is 26.0. The number of amides is 12. The third-order valence-corrected chi connectivity index (χ3v) is 15.5. The second kappa shape index (κ2) is 32.8. The van der Waals surface area contributed by atoms with Gasteiger partial charge in [0.25, 0.3) is 0 Å². The van der Waals surface area contributed by atoms with E-state index in [0.29, 0.717) is 38.5 Å². The fraction of sp³-hybridized carbons (Fsp3) is 0.797. The number of aliphatic hydroxyl groups excluding tert-OH is 1. The van der Waals surface area contributed by atoms with Crippen LogP contribution in [-0.4, -0.2) is 170 Å². The molecule has 2 heterocycles. The van der Waals surface area contributed by atoms with Crippen LogP contribution in [0.4, 0.5) is 0 Å². The van der Waals surface area contributed by atoms with Crippen molar-refractivity contribution in [1.29, 1.82) is 0 Å². The van der Waals surface area contributed by atoms with Crippen molar-refractivity contribution in [3.8, 4) is 0 Å². The van der Waals surface area contributed by atoms with Crippen molar-refractivity contribution in [3.63, 3.8) is 0 Å². The van der Waals surface area contributed by atoms with Crippen molar-refractivity contribution in [3.05, 3.63) is 0 Å². The number of nitrogens with two attached hydrogens (primary N) is 1. The first-order valence-corrected chi connectivity index (χ1v) is 30.1. The largest absolute Gasteiger partial charge is 0.394 e. The van der Waals surface area contributed by atoms with E-state index in [4.69, 9.17) is 5.73 Å². The lowest BCUT2D eigenvalue weighted by molar-refractivity contribution is -0.146. The van der Waals surface area contributed by atoms with Crippen LogP contribution in [0.5, 0.6) is 0 Å². The standard InChI is InChI=1S/C59H104N12O13/c1-18-35(9)45(65-47(75)39(24-25-44(60)74)64-54(82)57(12,13)67-37(11)73)52(80)63-41(30-34(7)8)49(77)68-58(14,15)55(83)71-27-21-23-43(71)51(79)62-40(29-33(5)6)48(76)66-46(36(10)19-2)53(81)69-59(16,17)56(84)70-26-20-22-42(70)50(78)61-38(31-72)28-32(3)4/h32-36,38-43,45-46,72H,18-31H2,1-17H3,(H2,60,74)(H,61,78)(H,62,79)(H,63,80)(H,64,82)(H,65,75)(H,66,76)(H,67,73)(H,68,77)(H,69,81)/t35-,36-,38-,39-,40-,41-,42-,43-,45-,46-/m0/s1. The van der Waals surface area contributed by atoms with Gasteiger partial charge in [0.15, 0.2) is 0 Å². The Labute approximate surface area is 497 Å². The van der Waals surface area contributed by atoms with Gasteiger partial charge in [-0.1, -0.05) is 82.1 Å². The molecule has 25 nitrogen and oxygen atoms in total. The van der Waals surface area contributed by atoms with Gasteiger partial charge in [-0.05, 0) is 122 Å². The predicted molar refractivity (Wildman–Crippen MR) is 316 cm³/mol. The Bertz CT molecular complexity index is 2340. The number of carbonyl (C=O) groups is 12. The molecule has 0 radical (unpaired) electrons. The Kier molecular flexibility index (Phi) is 28.7. The van der Waals surface area contributed by atoms with Gasteiger partial charge in [0.05, 0.1) is 12.6 Å². The molecule has 0 aromatic carbocycles. The Morgan fingerprint density at radius 1 is 0.512 bits per heavy atom. The normalized spacial score (nSPS) is 18.5. The SMILES string of the molecule is CC[C@H](C)[C@H](NC(=O)[C@H](CCC(N)=O)NC(=O)C(C)(C)NC(C)=O)C(=O)N[C@@H](CC(C)C)C(=O)NC(C)(C)C(=O)N1CCC[C@H]1C(=O)N[C@@H](CC(C)C)C(=O)N[C@H](C(=O)NC(C)(C)C(=O)N1CCC[C@H]1C(=O)N[C@H](CO)CC(C)C)[C@@H](C)CC. The summed E-state index contributed by atoms with van der Waals surface area (Å²) >= 11 is 0. The summed E-state index contributed by atoms with van der Waals surface area (Å²) in [6.45, 7) is 28.7. The van der Waals surface area contributed by atoms with E-state index in [-0.39, 0.29) is 75.5 Å². The van der Waals surface area contributed by atoms with Crippen molar-refractivity contribution >= 4 is 70.9 Å². The highest BCUT2D eigenvalue weighted by Crippen LogP contribution is 2.25. The van der Waals surface area contributed by atoms with E-state index in [1.165, 1.54) is 58.3 Å². The zero-order valence-electron chi connectivity index (χ0n) is 53.2. The molecular weight excluding hydrogens is 1080 g/mol. The molecule has 0 unspecified atom stereocenters. The number of likely N-dealkylation sites (tertiary alicyclic amines) is 2. The van der Waals surface area contributed by atoms with Crippen molar-refractivity contribution < 1.29 is 62.6 Å². The van der Waals surface area contributed by atoms with Crippen molar-refractivity contribution in [2.24, 2.45) is 35.3 Å². The van der Waals surface area contributed by atoms with Crippen molar-refractivity contribution in [2.45, 2.75) is 253 Å². The van der Waals surface area contributed by atoms with E-state index in [0.717, 1.165) is 0 Å². The molecule has 12 amide bonds. The number of nitrogens with zero attached hydrogens (tertiary/aromatic N) is 2. The van der Waals surface area contributed by atoms with Gasteiger partial charge >= 0.3 is 0 Å². The number of primary amides is 1. The van der Waals surface area contributed by atoms with Gasteiger partial charge in [0.2, 0.25) is 70.9 Å². The fourth-order valence-corrected chi connectivity index (χ4v) is 10.5. The molecule has 25 heteroatoms. The van der Waals surface area contributed by atoms with Crippen molar-refractivity contribution in [2.75, 3.05) is 19.7 Å². The maximum absolute atomic E-state index is 14.5. The lowest BCUT2D eigenvalue weighted by Crippen LogP contribution is -2.64. The van der Waals surface area contributed by atoms with Crippen LogP contribution in [0.1, 0.15) is 188 Å². The molecule has 478 valence electrons. The van der Waals surface area contributed by atoms with Crippen LogP contribution in [-0.2, 0) is 57.5 Å². The first kappa shape index (κ1) is 73.7. The smallest absolute Gasteiger partial charge is 0.248 e. The molecule has 10 atom stereocenters. The molecule has 0 aliphatic carbocycles. The fourth-order valence-electron chi connectivity index (χ4n) is 10.5. The van der Waals surface area contributed by atoms with E-state index >= 15 is 0 Å². The molecule has 2 aliphatic heterocycles. The molecule has 2 fully saturated rings. The van der Waals surface area contributed by atoms with E-state index < -0.39 is 142 Å². The van der Waals surface area contributed by atoms with E-state index in [1.54, 1.807) is 20.8 Å². The van der Waals surface area contributed by atoms with Crippen LogP contribution in [0.15, 0.2) is 0 Å². The van der Waals surface area contributed by atoms with E-state index in [1.807, 2.05) is 48.5 Å². The van der Waals surface area contributed by atoms with Gasteiger partial charge in [0, 0.05) is 26.4 Å². The third kappa shape index (κ3) is 22.2. The van der Waals surface area contributed by atoms with E-state index in [9.17, 15) is 62.6 Å². The Hall–Kier alpha value is -6.40. The molecule has 0 bridgehead atoms. The van der Waals surface area contributed by atoms with Crippen LogP contribution < -0.4 is 53.6 Å². The summed E-state index contributed by atoms with van der Waals surface area (Å²) in [5, 5.41) is 34.6. The summed E-state index contributed by atoms with van der Waals surface area (Å²) in [5.74, 6) is -8.75. The molecule has 0 saturated carbocycles. The van der Waals surface area contributed by atoms with Gasteiger partial charge in [0.1, 0.15) is 58.9 Å². The summed E-state index contributed by atoms with van der Waals surface area (Å²) in [6.07, 6.45) is 2.72. The Balaban J connectivity index is 2.32.